The van der Waals surface area contributed by atoms with E-state index in [1.54, 1.807) is 19.2 Å². The molecule has 2 rings (SSSR count). The van der Waals surface area contributed by atoms with Gasteiger partial charge in [0.25, 0.3) is 0 Å². The van der Waals surface area contributed by atoms with E-state index in [2.05, 4.69) is 18.3 Å². The highest BCUT2D eigenvalue weighted by molar-refractivity contribution is 5.36. The zero-order chi connectivity index (χ0) is 14.4. The normalized spacial score (nSPS) is 12.1. The van der Waals surface area contributed by atoms with Crippen LogP contribution in [-0.4, -0.2) is 12.2 Å². The third-order valence-electron chi connectivity index (χ3n) is 3.39. The van der Waals surface area contributed by atoms with Crippen LogP contribution in [0.25, 0.3) is 0 Å². The van der Waals surface area contributed by atoms with Crippen molar-refractivity contribution in [2.75, 3.05) is 7.11 Å². The molecule has 3 nitrogen and oxygen atoms in total. The Kier molecular flexibility index (Phi) is 5.02. The predicted octanol–water partition coefficient (Wildman–Crippen LogP) is 3.64. The molecule has 0 aliphatic heterocycles. The van der Waals surface area contributed by atoms with Gasteiger partial charge in [0.05, 0.1) is 7.11 Å². The first-order valence-corrected chi connectivity index (χ1v) is 6.88. The average Bonchev–Trinajstić information content (AvgIpc) is 2.48. The molecule has 2 aromatic carbocycles. The monoisotopic (exact) mass is 271 g/mol. The maximum Gasteiger partial charge on any atom is 0.123 e. The molecule has 0 bridgehead atoms. The highest BCUT2D eigenvalue weighted by Gasteiger charge is 2.13. The molecule has 0 saturated carbocycles. The first kappa shape index (κ1) is 14.4. The van der Waals surface area contributed by atoms with Gasteiger partial charge in [0.15, 0.2) is 0 Å². The van der Waals surface area contributed by atoms with Crippen molar-refractivity contribution in [3.05, 3.63) is 59.7 Å². The zero-order valence-corrected chi connectivity index (χ0v) is 12.0. The number of methoxy groups -OCH3 is 1. The number of hydrogen-bond donors (Lipinski definition) is 2. The number of benzene rings is 2. The Balaban J connectivity index is 2.09. The molecular formula is C17H21NO2. The van der Waals surface area contributed by atoms with Gasteiger partial charge in [0.2, 0.25) is 0 Å². The minimum atomic E-state index is 0.230. The fourth-order valence-electron chi connectivity index (χ4n) is 2.34. The maximum atomic E-state index is 9.49. The third-order valence-corrected chi connectivity index (χ3v) is 3.39. The summed E-state index contributed by atoms with van der Waals surface area (Å²) in [5.41, 5.74) is 2.23. The van der Waals surface area contributed by atoms with Crippen LogP contribution in [0.2, 0.25) is 0 Å². The number of para-hydroxylation sites is 1. The summed E-state index contributed by atoms with van der Waals surface area (Å²) >= 11 is 0. The number of phenolic OH excluding ortho intramolecular Hbond substituents is 1. The molecule has 0 aliphatic rings. The smallest absolute Gasteiger partial charge is 0.123 e. The molecule has 0 radical (unpaired) electrons. The Bertz CT molecular complexity index is 554. The van der Waals surface area contributed by atoms with Gasteiger partial charge in [0, 0.05) is 18.2 Å². The molecule has 2 N–H and O–H groups in total. The van der Waals surface area contributed by atoms with E-state index in [4.69, 9.17) is 4.74 Å². The van der Waals surface area contributed by atoms with Crippen molar-refractivity contribution in [3.8, 4) is 11.5 Å². The van der Waals surface area contributed by atoms with E-state index in [-0.39, 0.29) is 6.04 Å². The fourth-order valence-corrected chi connectivity index (χ4v) is 2.34. The summed E-state index contributed by atoms with van der Waals surface area (Å²) in [4.78, 5) is 0. The van der Waals surface area contributed by atoms with E-state index in [0.717, 1.165) is 23.3 Å². The number of aromatic hydroxyl groups is 1. The molecule has 3 heteroatoms. The van der Waals surface area contributed by atoms with Crippen LogP contribution in [-0.2, 0) is 6.54 Å². The van der Waals surface area contributed by atoms with Crippen LogP contribution in [0.1, 0.15) is 30.5 Å². The predicted molar refractivity (Wildman–Crippen MR) is 81.0 cm³/mol. The zero-order valence-electron chi connectivity index (χ0n) is 12.0. The Hall–Kier alpha value is -2.00. The van der Waals surface area contributed by atoms with Gasteiger partial charge < -0.3 is 15.2 Å². The van der Waals surface area contributed by atoms with E-state index in [0.29, 0.717) is 12.3 Å². The van der Waals surface area contributed by atoms with Crippen LogP contribution in [0.3, 0.4) is 0 Å². The quantitative estimate of drug-likeness (QED) is 0.842. The van der Waals surface area contributed by atoms with Gasteiger partial charge in [-0.2, -0.15) is 0 Å². The van der Waals surface area contributed by atoms with Crippen molar-refractivity contribution in [1.82, 2.24) is 5.32 Å². The van der Waals surface area contributed by atoms with Crippen LogP contribution >= 0.6 is 0 Å². The number of nitrogens with one attached hydrogen (secondary N) is 1. The summed E-state index contributed by atoms with van der Waals surface area (Å²) in [5.74, 6) is 1.21. The molecular weight excluding hydrogens is 250 g/mol. The molecule has 0 fully saturated rings. The molecule has 2 aromatic rings. The second-order valence-corrected chi connectivity index (χ2v) is 4.75. The van der Waals surface area contributed by atoms with Gasteiger partial charge in [-0.25, -0.2) is 0 Å². The van der Waals surface area contributed by atoms with Crippen LogP contribution in [0.5, 0.6) is 11.5 Å². The molecule has 0 spiro atoms. The lowest BCUT2D eigenvalue weighted by atomic mass is 10.0. The standard InChI is InChI=1S/C17H21NO2/c1-3-16(15-9-4-5-10-17(15)20-2)18-12-13-7-6-8-14(19)11-13/h4-11,16,18-19H,3,12H2,1-2H3. The van der Waals surface area contributed by atoms with Crippen molar-refractivity contribution >= 4 is 0 Å². The lowest BCUT2D eigenvalue weighted by molar-refractivity contribution is 0.396. The number of ether oxygens (including phenoxy) is 1. The largest absolute Gasteiger partial charge is 0.508 e. The van der Waals surface area contributed by atoms with E-state index in [1.165, 1.54) is 0 Å². The molecule has 0 saturated heterocycles. The molecule has 0 amide bonds. The Morgan fingerprint density at radius 1 is 1.15 bits per heavy atom. The Morgan fingerprint density at radius 3 is 2.65 bits per heavy atom. The minimum absolute atomic E-state index is 0.230. The van der Waals surface area contributed by atoms with Crippen LogP contribution in [0.4, 0.5) is 0 Å². The SMILES string of the molecule is CCC(NCc1cccc(O)c1)c1ccccc1OC. The summed E-state index contributed by atoms with van der Waals surface area (Å²) in [6.07, 6.45) is 0.971. The van der Waals surface area contributed by atoms with Gasteiger partial charge in [0.1, 0.15) is 11.5 Å². The molecule has 0 aliphatic carbocycles. The maximum absolute atomic E-state index is 9.49. The molecule has 20 heavy (non-hydrogen) atoms. The molecule has 106 valence electrons. The minimum Gasteiger partial charge on any atom is -0.508 e. The van der Waals surface area contributed by atoms with E-state index >= 15 is 0 Å². The summed E-state index contributed by atoms with van der Waals surface area (Å²) in [6.45, 7) is 2.86. The van der Waals surface area contributed by atoms with Crippen LogP contribution < -0.4 is 10.1 Å². The summed E-state index contributed by atoms with van der Waals surface area (Å²) in [6, 6.07) is 15.6. The van der Waals surface area contributed by atoms with Crippen molar-refractivity contribution in [2.45, 2.75) is 25.9 Å². The third kappa shape index (κ3) is 3.52. The van der Waals surface area contributed by atoms with E-state index in [1.807, 2.05) is 30.3 Å². The number of hydrogen-bond acceptors (Lipinski definition) is 3. The first-order chi connectivity index (χ1) is 9.74. The summed E-state index contributed by atoms with van der Waals surface area (Å²) in [5, 5.41) is 13.0. The van der Waals surface area contributed by atoms with E-state index in [9.17, 15) is 5.11 Å². The van der Waals surface area contributed by atoms with E-state index < -0.39 is 0 Å². The highest BCUT2D eigenvalue weighted by atomic mass is 16.5. The molecule has 0 aromatic heterocycles. The molecule has 1 atom stereocenters. The highest BCUT2D eigenvalue weighted by Crippen LogP contribution is 2.27. The Labute approximate surface area is 120 Å². The number of rotatable bonds is 6. The Morgan fingerprint density at radius 2 is 1.95 bits per heavy atom. The molecule has 1 unspecified atom stereocenters. The average molecular weight is 271 g/mol. The van der Waals surface area contributed by atoms with Crippen molar-refractivity contribution in [1.29, 1.82) is 0 Å². The van der Waals surface area contributed by atoms with Gasteiger partial charge in [-0.1, -0.05) is 37.3 Å². The van der Waals surface area contributed by atoms with Gasteiger partial charge in [-0.3, -0.25) is 0 Å². The summed E-state index contributed by atoms with van der Waals surface area (Å²) < 4.78 is 5.42. The van der Waals surface area contributed by atoms with Crippen LogP contribution in [0, 0.1) is 0 Å². The first-order valence-electron chi connectivity index (χ1n) is 6.88. The lowest BCUT2D eigenvalue weighted by Gasteiger charge is -2.20. The molecule has 0 heterocycles. The fraction of sp³-hybridized carbons (Fsp3) is 0.294. The number of phenols is 1. The van der Waals surface area contributed by atoms with Gasteiger partial charge >= 0.3 is 0 Å². The van der Waals surface area contributed by atoms with Gasteiger partial charge in [-0.15, -0.1) is 0 Å². The van der Waals surface area contributed by atoms with Crippen LogP contribution in [0.15, 0.2) is 48.5 Å². The van der Waals surface area contributed by atoms with Crippen molar-refractivity contribution in [2.24, 2.45) is 0 Å². The summed E-state index contributed by atoms with van der Waals surface area (Å²) in [7, 11) is 1.70. The second-order valence-electron chi connectivity index (χ2n) is 4.75. The van der Waals surface area contributed by atoms with Crippen molar-refractivity contribution < 1.29 is 9.84 Å². The van der Waals surface area contributed by atoms with Gasteiger partial charge in [-0.05, 0) is 30.2 Å². The lowest BCUT2D eigenvalue weighted by Crippen LogP contribution is -2.20. The van der Waals surface area contributed by atoms with Crippen molar-refractivity contribution in [3.63, 3.8) is 0 Å². The topological polar surface area (TPSA) is 41.5 Å². The second kappa shape index (κ2) is 6.96.